The van der Waals surface area contributed by atoms with Gasteiger partial charge in [0.2, 0.25) is 0 Å². The lowest BCUT2D eigenvalue weighted by molar-refractivity contribution is -0.380. The maximum atomic E-state index is 10.5. The zero-order valence-electron chi connectivity index (χ0n) is 10.1. The molecule has 94 valence electrons. The van der Waals surface area contributed by atoms with Gasteiger partial charge < -0.3 is 5.32 Å². The second-order valence-corrected chi connectivity index (χ2v) is 6.27. The maximum Gasteiger partial charge on any atom is 0.324 e. The molecule has 0 amide bonds. The van der Waals surface area contributed by atoms with Crippen molar-refractivity contribution in [3.8, 4) is 0 Å². The van der Waals surface area contributed by atoms with Crippen LogP contribution in [0.3, 0.4) is 0 Å². The van der Waals surface area contributed by atoms with Gasteiger partial charge in [0.25, 0.3) is 0 Å². The van der Waals surface area contributed by atoms with Crippen molar-refractivity contribution in [2.24, 2.45) is 5.41 Å². The van der Waals surface area contributed by atoms with Crippen LogP contribution in [0.15, 0.2) is 12.1 Å². The highest BCUT2D eigenvalue weighted by Gasteiger charge is 2.27. The van der Waals surface area contributed by atoms with E-state index in [2.05, 4.69) is 12.2 Å². The number of thiophene rings is 1. The Balaban J connectivity index is 1.79. The van der Waals surface area contributed by atoms with Gasteiger partial charge in [0, 0.05) is 24.0 Å². The smallest absolute Gasteiger partial charge is 0.311 e. The van der Waals surface area contributed by atoms with Gasteiger partial charge in [0.05, 0.1) is 4.92 Å². The first-order valence-electron chi connectivity index (χ1n) is 6.03. The number of nitro groups is 1. The summed E-state index contributed by atoms with van der Waals surface area (Å²) < 4.78 is 0. The average Bonchev–Trinajstić information content (AvgIpc) is 2.88. The Kier molecular flexibility index (Phi) is 3.79. The zero-order valence-corrected chi connectivity index (χ0v) is 10.9. The quantitative estimate of drug-likeness (QED) is 0.647. The van der Waals surface area contributed by atoms with Crippen molar-refractivity contribution < 1.29 is 4.92 Å². The lowest BCUT2D eigenvalue weighted by atomic mass is 9.89. The maximum absolute atomic E-state index is 10.5. The van der Waals surface area contributed by atoms with Crippen molar-refractivity contribution in [1.29, 1.82) is 0 Å². The second-order valence-electron chi connectivity index (χ2n) is 5.12. The highest BCUT2D eigenvalue weighted by molar-refractivity contribution is 7.15. The molecule has 1 fully saturated rings. The van der Waals surface area contributed by atoms with E-state index in [1.165, 1.54) is 37.0 Å². The number of nitrogens with zero attached hydrogens (tertiary/aromatic N) is 1. The first-order chi connectivity index (χ1) is 8.09. The predicted octanol–water partition coefficient (Wildman–Crippen LogP) is 3.33. The minimum Gasteiger partial charge on any atom is -0.311 e. The fourth-order valence-electron chi connectivity index (χ4n) is 2.45. The number of nitrogens with one attached hydrogen (secondary N) is 1. The molecule has 0 aliphatic heterocycles. The van der Waals surface area contributed by atoms with Gasteiger partial charge in [-0.15, -0.1) is 0 Å². The largest absolute Gasteiger partial charge is 0.324 e. The van der Waals surface area contributed by atoms with Gasteiger partial charge in [-0.3, -0.25) is 10.1 Å². The molecule has 5 heteroatoms. The van der Waals surface area contributed by atoms with Crippen LogP contribution in [0.25, 0.3) is 0 Å². The second kappa shape index (κ2) is 5.14. The normalized spacial score (nSPS) is 18.4. The van der Waals surface area contributed by atoms with Crippen LogP contribution in [0.5, 0.6) is 0 Å². The molecule has 1 heterocycles. The molecule has 0 saturated heterocycles. The fourth-order valence-corrected chi connectivity index (χ4v) is 3.24. The molecule has 2 rings (SSSR count). The van der Waals surface area contributed by atoms with Gasteiger partial charge in [-0.2, -0.15) is 0 Å². The lowest BCUT2D eigenvalue weighted by Crippen LogP contribution is -2.28. The molecular weight excluding hydrogens is 236 g/mol. The van der Waals surface area contributed by atoms with Crippen LogP contribution < -0.4 is 5.32 Å². The number of hydrogen-bond donors (Lipinski definition) is 1. The third kappa shape index (κ3) is 3.26. The van der Waals surface area contributed by atoms with E-state index in [4.69, 9.17) is 0 Å². The molecule has 0 spiro atoms. The lowest BCUT2D eigenvalue weighted by Gasteiger charge is -2.23. The minimum absolute atomic E-state index is 0.230. The fraction of sp³-hybridized carbons (Fsp3) is 0.667. The van der Waals surface area contributed by atoms with Crippen LogP contribution in [-0.4, -0.2) is 11.5 Å². The Morgan fingerprint density at radius 2 is 2.18 bits per heavy atom. The monoisotopic (exact) mass is 254 g/mol. The Bertz CT molecular complexity index is 397. The van der Waals surface area contributed by atoms with Crippen molar-refractivity contribution in [2.45, 2.75) is 39.2 Å². The summed E-state index contributed by atoms with van der Waals surface area (Å²) in [6, 6.07) is 3.42. The van der Waals surface area contributed by atoms with E-state index in [0.717, 1.165) is 18.0 Å². The van der Waals surface area contributed by atoms with Crippen molar-refractivity contribution in [3.05, 3.63) is 27.1 Å². The molecule has 1 aromatic rings. The SMILES string of the molecule is CC1(CNCc2ccc([N+](=O)[O-])s2)CCCC1. The molecule has 1 aromatic heterocycles. The highest BCUT2D eigenvalue weighted by Crippen LogP contribution is 2.36. The van der Waals surface area contributed by atoms with Crippen LogP contribution in [-0.2, 0) is 6.54 Å². The molecule has 4 nitrogen and oxygen atoms in total. The molecule has 0 radical (unpaired) electrons. The summed E-state index contributed by atoms with van der Waals surface area (Å²) in [4.78, 5) is 11.3. The summed E-state index contributed by atoms with van der Waals surface area (Å²) in [5.74, 6) is 0. The molecule has 0 atom stereocenters. The van der Waals surface area contributed by atoms with Crippen LogP contribution in [0.2, 0.25) is 0 Å². The van der Waals surface area contributed by atoms with Gasteiger partial charge in [-0.05, 0) is 24.3 Å². The van der Waals surface area contributed by atoms with E-state index in [9.17, 15) is 10.1 Å². The van der Waals surface area contributed by atoms with Gasteiger partial charge in [-0.1, -0.05) is 31.1 Å². The van der Waals surface area contributed by atoms with Crippen molar-refractivity contribution in [2.75, 3.05) is 6.54 Å². The molecule has 0 aromatic carbocycles. The highest BCUT2D eigenvalue weighted by atomic mass is 32.1. The third-order valence-electron chi connectivity index (χ3n) is 3.49. The topological polar surface area (TPSA) is 55.2 Å². The number of rotatable bonds is 5. The van der Waals surface area contributed by atoms with Gasteiger partial charge in [0.15, 0.2) is 0 Å². The van der Waals surface area contributed by atoms with Crippen LogP contribution >= 0.6 is 11.3 Å². The zero-order chi connectivity index (χ0) is 12.3. The summed E-state index contributed by atoms with van der Waals surface area (Å²) in [6.45, 7) is 4.08. The summed E-state index contributed by atoms with van der Waals surface area (Å²) in [6.07, 6.45) is 5.26. The van der Waals surface area contributed by atoms with Crippen molar-refractivity contribution >= 4 is 16.3 Å². The van der Waals surface area contributed by atoms with E-state index in [-0.39, 0.29) is 9.92 Å². The minimum atomic E-state index is -0.327. The van der Waals surface area contributed by atoms with Gasteiger partial charge in [-0.25, -0.2) is 0 Å². The molecular formula is C12H18N2O2S. The van der Waals surface area contributed by atoms with Crippen LogP contribution in [0.4, 0.5) is 5.00 Å². The Morgan fingerprint density at radius 1 is 1.47 bits per heavy atom. The molecule has 1 saturated carbocycles. The van der Waals surface area contributed by atoms with Gasteiger partial charge in [0.1, 0.15) is 0 Å². The molecule has 0 bridgehead atoms. The Labute approximate surface area is 105 Å². The van der Waals surface area contributed by atoms with E-state index in [1.807, 2.05) is 6.07 Å². The van der Waals surface area contributed by atoms with Crippen molar-refractivity contribution in [3.63, 3.8) is 0 Å². The van der Waals surface area contributed by atoms with Gasteiger partial charge >= 0.3 is 5.00 Å². The molecule has 17 heavy (non-hydrogen) atoms. The predicted molar refractivity (Wildman–Crippen MR) is 69.3 cm³/mol. The average molecular weight is 254 g/mol. The summed E-state index contributed by atoms with van der Waals surface area (Å²) in [5, 5.41) is 14.2. The molecule has 1 aliphatic rings. The first-order valence-corrected chi connectivity index (χ1v) is 6.85. The standard InChI is InChI=1S/C12H18N2O2S/c1-12(6-2-3-7-12)9-13-8-10-4-5-11(17-10)14(15)16/h4-5,13H,2-3,6-9H2,1H3. The summed E-state index contributed by atoms with van der Waals surface area (Å²) in [7, 11) is 0. The van der Waals surface area contributed by atoms with Crippen molar-refractivity contribution in [1.82, 2.24) is 5.32 Å². The summed E-state index contributed by atoms with van der Waals surface area (Å²) >= 11 is 1.26. The van der Waals surface area contributed by atoms with Crippen LogP contribution in [0.1, 0.15) is 37.5 Å². The van der Waals surface area contributed by atoms with E-state index in [1.54, 1.807) is 6.07 Å². The molecule has 1 N–H and O–H groups in total. The molecule has 1 aliphatic carbocycles. The molecule has 0 unspecified atom stereocenters. The van der Waals surface area contributed by atoms with E-state index >= 15 is 0 Å². The Hall–Kier alpha value is -0.940. The summed E-state index contributed by atoms with van der Waals surface area (Å²) in [5.41, 5.74) is 0.434. The van der Waals surface area contributed by atoms with E-state index < -0.39 is 0 Å². The van der Waals surface area contributed by atoms with E-state index in [0.29, 0.717) is 5.41 Å². The third-order valence-corrected chi connectivity index (χ3v) is 4.53. The first kappa shape index (κ1) is 12.5. The van der Waals surface area contributed by atoms with Crippen LogP contribution in [0, 0.1) is 15.5 Å². The number of hydrogen-bond acceptors (Lipinski definition) is 4. The Morgan fingerprint density at radius 3 is 2.76 bits per heavy atom.